The first-order chi connectivity index (χ1) is 8.50. The van der Waals surface area contributed by atoms with E-state index >= 15 is 0 Å². The first-order valence-corrected chi connectivity index (χ1v) is 6.54. The van der Waals surface area contributed by atoms with Gasteiger partial charge in [0.25, 0.3) is 0 Å². The van der Waals surface area contributed by atoms with Crippen molar-refractivity contribution in [3.63, 3.8) is 0 Å². The molecule has 0 heterocycles. The molecule has 98 valence electrons. The van der Waals surface area contributed by atoms with Crippen LogP contribution in [0, 0.1) is 0 Å². The standard InChI is InChI=1S/C13H16O4S/c1-9(2)18-11(12(14)15)13(16)17-8-10-6-4-3-5-7-10/h3-7,9,11H,8H2,1-2H3,(H,14,15)/t11-/m1/s1. The largest absolute Gasteiger partial charge is 0.480 e. The Bertz CT molecular complexity index is 403. The Balaban J connectivity index is 2.54. The Hall–Kier alpha value is -1.49. The second kappa shape index (κ2) is 7.06. The van der Waals surface area contributed by atoms with Crippen LogP contribution in [-0.2, 0) is 20.9 Å². The molecule has 0 aliphatic carbocycles. The number of ether oxygens (including phenoxy) is 1. The molecular formula is C13H16O4S. The maximum atomic E-state index is 11.7. The van der Waals surface area contributed by atoms with Gasteiger partial charge in [0, 0.05) is 5.25 Å². The lowest BCUT2D eigenvalue weighted by molar-refractivity contribution is -0.151. The van der Waals surface area contributed by atoms with Crippen LogP contribution >= 0.6 is 11.8 Å². The summed E-state index contributed by atoms with van der Waals surface area (Å²) >= 11 is 1.08. The van der Waals surface area contributed by atoms with Crippen LogP contribution in [0.5, 0.6) is 0 Å². The summed E-state index contributed by atoms with van der Waals surface area (Å²) in [5.74, 6) is -1.86. The molecule has 1 rings (SSSR count). The maximum absolute atomic E-state index is 11.7. The lowest BCUT2D eigenvalue weighted by Gasteiger charge is -2.13. The van der Waals surface area contributed by atoms with E-state index in [1.54, 1.807) is 0 Å². The molecule has 0 fully saturated rings. The van der Waals surface area contributed by atoms with Crippen molar-refractivity contribution in [2.75, 3.05) is 0 Å². The minimum Gasteiger partial charge on any atom is -0.480 e. The van der Waals surface area contributed by atoms with Gasteiger partial charge >= 0.3 is 11.9 Å². The van der Waals surface area contributed by atoms with Crippen LogP contribution in [-0.4, -0.2) is 27.5 Å². The number of carboxylic acid groups (broad SMARTS) is 1. The van der Waals surface area contributed by atoms with Crippen LogP contribution in [0.25, 0.3) is 0 Å². The van der Waals surface area contributed by atoms with Crippen molar-refractivity contribution in [3.05, 3.63) is 35.9 Å². The molecule has 0 aromatic heterocycles. The fourth-order valence-electron chi connectivity index (χ4n) is 1.29. The SMILES string of the molecule is CC(C)S[C@H](C(=O)O)C(=O)OCc1ccccc1. The quantitative estimate of drug-likeness (QED) is 0.633. The number of carbonyl (C=O) groups is 2. The molecule has 5 heteroatoms. The molecule has 0 saturated heterocycles. The number of hydrogen-bond donors (Lipinski definition) is 1. The van der Waals surface area contributed by atoms with Gasteiger partial charge in [-0.05, 0) is 5.56 Å². The van der Waals surface area contributed by atoms with Crippen LogP contribution in [0.1, 0.15) is 19.4 Å². The van der Waals surface area contributed by atoms with Crippen molar-refractivity contribution < 1.29 is 19.4 Å². The summed E-state index contributed by atoms with van der Waals surface area (Å²) in [6.45, 7) is 3.78. The van der Waals surface area contributed by atoms with Crippen molar-refractivity contribution in [3.8, 4) is 0 Å². The highest BCUT2D eigenvalue weighted by molar-refractivity contribution is 8.01. The van der Waals surface area contributed by atoms with Gasteiger partial charge in [0.15, 0.2) is 5.25 Å². The van der Waals surface area contributed by atoms with Crippen LogP contribution < -0.4 is 0 Å². The normalized spacial score (nSPS) is 12.2. The lowest BCUT2D eigenvalue weighted by Crippen LogP contribution is -2.30. The summed E-state index contributed by atoms with van der Waals surface area (Å²) in [4.78, 5) is 22.6. The van der Waals surface area contributed by atoms with E-state index in [1.807, 2.05) is 44.2 Å². The summed E-state index contributed by atoms with van der Waals surface area (Å²) < 4.78 is 5.01. The van der Waals surface area contributed by atoms with E-state index in [-0.39, 0.29) is 11.9 Å². The van der Waals surface area contributed by atoms with Crippen LogP contribution in [0.2, 0.25) is 0 Å². The average Bonchev–Trinajstić information content (AvgIpc) is 2.34. The minimum atomic E-state index is -1.16. The van der Waals surface area contributed by atoms with Gasteiger partial charge in [-0.3, -0.25) is 9.59 Å². The summed E-state index contributed by atoms with van der Waals surface area (Å²) in [5.41, 5.74) is 0.838. The zero-order valence-corrected chi connectivity index (χ0v) is 11.1. The van der Waals surface area contributed by atoms with Gasteiger partial charge in [0.2, 0.25) is 0 Å². The van der Waals surface area contributed by atoms with Crippen molar-refractivity contribution in [1.82, 2.24) is 0 Å². The molecule has 18 heavy (non-hydrogen) atoms. The van der Waals surface area contributed by atoms with Gasteiger partial charge in [0.1, 0.15) is 6.61 Å². The van der Waals surface area contributed by atoms with Gasteiger partial charge in [-0.25, -0.2) is 0 Å². The predicted octanol–water partition coefficient (Wildman–Crippen LogP) is 2.32. The molecule has 0 aliphatic heterocycles. The van der Waals surface area contributed by atoms with Gasteiger partial charge in [0.05, 0.1) is 0 Å². The number of benzene rings is 1. The molecule has 0 aliphatic rings. The molecule has 1 aromatic rings. The van der Waals surface area contributed by atoms with Gasteiger partial charge in [-0.2, -0.15) is 0 Å². The highest BCUT2D eigenvalue weighted by Crippen LogP contribution is 2.19. The first kappa shape index (κ1) is 14.6. The predicted molar refractivity (Wildman–Crippen MR) is 70.4 cm³/mol. The van der Waals surface area contributed by atoms with E-state index in [4.69, 9.17) is 9.84 Å². The highest BCUT2D eigenvalue weighted by Gasteiger charge is 2.29. The molecular weight excluding hydrogens is 252 g/mol. The molecule has 0 amide bonds. The van der Waals surface area contributed by atoms with Crippen molar-refractivity contribution >= 4 is 23.7 Å². The number of thioether (sulfide) groups is 1. The third kappa shape index (κ3) is 4.79. The topological polar surface area (TPSA) is 63.6 Å². The zero-order chi connectivity index (χ0) is 13.5. The molecule has 1 aromatic carbocycles. The number of hydrogen-bond acceptors (Lipinski definition) is 4. The Morgan fingerprint density at radius 1 is 1.28 bits per heavy atom. The number of carbonyl (C=O) groups excluding carboxylic acids is 1. The van der Waals surface area contributed by atoms with Gasteiger partial charge < -0.3 is 9.84 Å². The van der Waals surface area contributed by atoms with E-state index < -0.39 is 17.2 Å². The Morgan fingerprint density at radius 2 is 1.89 bits per heavy atom. The number of carboxylic acids is 1. The maximum Gasteiger partial charge on any atom is 0.330 e. The van der Waals surface area contributed by atoms with E-state index in [0.717, 1.165) is 17.3 Å². The number of esters is 1. The Labute approximate surface area is 110 Å². The second-order valence-electron chi connectivity index (χ2n) is 4.00. The highest BCUT2D eigenvalue weighted by atomic mass is 32.2. The smallest absolute Gasteiger partial charge is 0.330 e. The third-order valence-electron chi connectivity index (χ3n) is 2.07. The van der Waals surface area contributed by atoms with E-state index in [2.05, 4.69) is 0 Å². The van der Waals surface area contributed by atoms with E-state index in [1.165, 1.54) is 0 Å². The monoisotopic (exact) mass is 268 g/mol. The fraction of sp³-hybridized carbons (Fsp3) is 0.385. The summed E-state index contributed by atoms with van der Waals surface area (Å²) in [5, 5.41) is 7.86. The first-order valence-electron chi connectivity index (χ1n) is 5.59. The molecule has 0 unspecified atom stereocenters. The Kier molecular flexibility index (Phi) is 5.71. The fourth-order valence-corrected chi connectivity index (χ4v) is 2.13. The molecule has 0 saturated carbocycles. The molecule has 4 nitrogen and oxygen atoms in total. The second-order valence-corrected chi connectivity index (χ2v) is 5.68. The molecule has 1 atom stereocenters. The van der Waals surface area contributed by atoms with Crippen LogP contribution in [0.4, 0.5) is 0 Å². The zero-order valence-electron chi connectivity index (χ0n) is 10.3. The van der Waals surface area contributed by atoms with E-state index in [9.17, 15) is 9.59 Å². The average molecular weight is 268 g/mol. The van der Waals surface area contributed by atoms with E-state index in [0.29, 0.717) is 0 Å². The van der Waals surface area contributed by atoms with Crippen molar-refractivity contribution in [2.24, 2.45) is 0 Å². The number of aliphatic carboxylic acids is 1. The van der Waals surface area contributed by atoms with Crippen molar-refractivity contribution in [2.45, 2.75) is 31.0 Å². The van der Waals surface area contributed by atoms with Crippen molar-refractivity contribution in [1.29, 1.82) is 0 Å². The summed E-state index contributed by atoms with van der Waals surface area (Å²) in [6.07, 6.45) is 0. The summed E-state index contributed by atoms with van der Waals surface area (Å²) in [6, 6.07) is 9.17. The molecule has 0 spiro atoms. The van der Waals surface area contributed by atoms with Crippen LogP contribution in [0.3, 0.4) is 0 Å². The third-order valence-corrected chi connectivity index (χ3v) is 3.28. The van der Waals surface area contributed by atoms with Gasteiger partial charge in [-0.15, -0.1) is 11.8 Å². The summed E-state index contributed by atoms with van der Waals surface area (Å²) in [7, 11) is 0. The van der Waals surface area contributed by atoms with Gasteiger partial charge in [-0.1, -0.05) is 44.2 Å². The minimum absolute atomic E-state index is 0.0513. The molecule has 1 N–H and O–H groups in total. The Morgan fingerprint density at radius 3 is 2.39 bits per heavy atom. The lowest BCUT2D eigenvalue weighted by atomic mass is 10.2. The molecule has 0 radical (unpaired) electrons. The molecule has 0 bridgehead atoms. The number of rotatable bonds is 6. The van der Waals surface area contributed by atoms with Crippen LogP contribution in [0.15, 0.2) is 30.3 Å².